The molecular formula is C25H39N7O5. The fourth-order valence-corrected chi connectivity index (χ4v) is 4.25. The predicted molar refractivity (Wildman–Crippen MR) is 139 cm³/mol. The summed E-state index contributed by atoms with van der Waals surface area (Å²) in [6.45, 7) is 4.04. The molecule has 204 valence electrons. The number of carboxylic acid groups (broad SMARTS) is 1. The summed E-state index contributed by atoms with van der Waals surface area (Å²) < 4.78 is 0. The van der Waals surface area contributed by atoms with Crippen LogP contribution in [-0.4, -0.2) is 76.9 Å². The van der Waals surface area contributed by atoms with Crippen LogP contribution in [0.5, 0.6) is 0 Å². The minimum absolute atomic E-state index is 0.0428. The lowest BCUT2D eigenvalue weighted by molar-refractivity contribution is -0.145. The zero-order valence-corrected chi connectivity index (χ0v) is 21.4. The second-order valence-electron chi connectivity index (χ2n) is 9.56. The van der Waals surface area contributed by atoms with Crippen LogP contribution in [0.2, 0.25) is 0 Å². The van der Waals surface area contributed by atoms with Gasteiger partial charge in [-0.1, -0.05) is 44.2 Å². The van der Waals surface area contributed by atoms with Crippen molar-refractivity contribution in [3.8, 4) is 0 Å². The van der Waals surface area contributed by atoms with Gasteiger partial charge in [0.05, 0.1) is 6.04 Å². The molecule has 0 aliphatic carbocycles. The van der Waals surface area contributed by atoms with E-state index in [0.29, 0.717) is 38.8 Å². The summed E-state index contributed by atoms with van der Waals surface area (Å²) in [6.07, 6.45) is 1.99. The maximum absolute atomic E-state index is 13.6. The number of nitrogens with two attached hydrogens (primary N) is 3. The molecule has 12 heteroatoms. The van der Waals surface area contributed by atoms with Crippen molar-refractivity contribution >= 4 is 29.7 Å². The predicted octanol–water partition coefficient (Wildman–Crippen LogP) is -0.689. The van der Waals surface area contributed by atoms with E-state index >= 15 is 0 Å². The highest BCUT2D eigenvalue weighted by molar-refractivity contribution is 5.94. The highest BCUT2D eigenvalue weighted by atomic mass is 16.4. The number of aliphatic carboxylic acids is 1. The molecule has 1 saturated heterocycles. The first kappa shape index (κ1) is 29.6. The molecule has 0 bridgehead atoms. The summed E-state index contributed by atoms with van der Waals surface area (Å²) in [4.78, 5) is 56.3. The summed E-state index contributed by atoms with van der Waals surface area (Å²) in [5.74, 6) is -2.94. The van der Waals surface area contributed by atoms with E-state index < -0.39 is 47.9 Å². The Hall–Kier alpha value is -3.67. The molecule has 12 nitrogen and oxygen atoms in total. The van der Waals surface area contributed by atoms with Crippen LogP contribution >= 0.6 is 0 Å². The van der Waals surface area contributed by atoms with Gasteiger partial charge in [-0.3, -0.25) is 19.4 Å². The quantitative estimate of drug-likeness (QED) is 0.112. The van der Waals surface area contributed by atoms with Crippen LogP contribution in [0.4, 0.5) is 0 Å². The Morgan fingerprint density at radius 2 is 1.81 bits per heavy atom. The van der Waals surface area contributed by atoms with E-state index in [9.17, 15) is 24.3 Å². The molecule has 0 spiro atoms. The smallest absolute Gasteiger partial charge is 0.326 e. The van der Waals surface area contributed by atoms with Gasteiger partial charge in [0.1, 0.15) is 18.1 Å². The van der Waals surface area contributed by atoms with Crippen molar-refractivity contribution in [3.63, 3.8) is 0 Å². The van der Waals surface area contributed by atoms with Crippen molar-refractivity contribution in [2.45, 2.75) is 70.1 Å². The van der Waals surface area contributed by atoms with E-state index in [-0.39, 0.29) is 18.3 Å². The lowest BCUT2D eigenvalue weighted by atomic mass is 10.0. The van der Waals surface area contributed by atoms with Crippen molar-refractivity contribution < 1.29 is 24.3 Å². The average molecular weight is 518 g/mol. The molecule has 2 rings (SSSR count). The number of hydrogen-bond acceptors (Lipinski definition) is 6. The van der Waals surface area contributed by atoms with Gasteiger partial charge < -0.3 is 37.8 Å². The molecule has 1 fully saturated rings. The number of carbonyl (C=O) groups is 4. The summed E-state index contributed by atoms with van der Waals surface area (Å²) >= 11 is 0. The van der Waals surface area contributed by atoms with E-state index in [4.69, 9.17) is 17.2 Å². The van der Waals surface area contributed by atoms with Crippen molar-refractivity contribution in [2.24, 2.45) is 28.1 Å². The Morgan fingerprint density at radius 3 is 2.41 bits per heavy atom. The van der Waals surface area contributed by atoms with E-state index in [1.807, 2.05) is 30.3 Å². The standard InChI is InChI=1S/C25H39N7O5/c1-15(2)20(24(36)37)31-22(34)19-11-7-13-32(19)23(35)18(14-16-8-4-3-5-9-16)30-21(33)17(26)10-6-12-29-25(27)28/h3-5,8-9,15,17-20H,6-7,10-14,26H2,1-2H3,(H,30,33)(H,31,34)(H,36,37)(H4,27,28,29). The maximum atomic E-state index is 13.6. The monoisotopic (exact) mass is 517 g/mol. The van der Waals surface area contributed by atoms with Gasteiger partial charge in [0.15, 0.2) is 5.96 Å². The van der Waals surface area contributed by atoms with Crippen molar-refractivity contribution in [1.29, 1.82) is 0 Å². The van der Waals surface area contributed by atoms with Gasteiger partial charge in [-0.25, -0.2) is 4.79 Å². The summed E-state index contributed by atoms with van der Waals surface area (Å²) in [7, 11) is 0. The first-order valence-electron chi connectivity index (χ1n) is 12.5. The number of carbonyl (C=O) groups excluding carboxylic acids is 3. The molecule has 4 atom stereocenters. The third kappa shape index (κ3) is 9.05. The number of nitrogens with zero attached hydrogens (tertiary/aromatic N) is 2. The molecule has 1 aromatic rings. The fourth-order valence-electron chi connectivity index (χ4n) is 4.25. The third-order valence-electron chi connectivity index (χ3n) is 6.27. The Balaban J connectivity index is 2.16. The van der Waals surface area contributed by atoms with E-state index in [1.165, 1.54) is 4.90 Å². The number of nitrogens with one attached hydrogen (secondary N) is 2. The molecule has 0 aromatic heterocycles. The number of likely N-dealkylation sites (tertiary alicyclic amines) is 1. The van der Waals surface area contributed by atoms with Crippen molar-refractivity contribution in [1.82, 2.24) is 15.5 Å². The molecule has 0 radical (unpaired) electrons. The molecule has 4 unspecified atom stereocenters. The molecule has 0 saturated carbocycles. The summed E-state index contributed by atoms with van der Waals surface area (Å²) in [5.41, 5.74) is 17.5. The fraction of sp³-hybridized carbons (Fsp3) is 0.560. The summed E-state index contributed by atoms with van der Waals surface area (Å²) in [6, 6.07) is 5.48. The SMILES string of the molecule is CC(C)C(NC(=O)C1CCCN1C(=O)C(Cc1ccccc1)NC(=O)C(N)CCCN=C(N)N)C(=O)O. The number of rotatable bonds is 13. The highest BCUT2D eigenvalue weighted by Crippen LogP contribution is 2.20. The second kappa shape index (κ2) is 14.2. The number of benzene rings is 1. The molecule has 1 heterocycles. The normalized spacial score (nSPS) is 17.5. The minimum atomic E-state index is -1.14. The zero-order chi connectivity index (χ0) is 27.5. The number of hydrogen-bond donors (Lipinski definition) is 6. The number of carboxylic acids is 1. The van der Waals surface area contributed by atoms with Crippen LogP contribution in [0.3, 0.4) is 0 Å². The Labute approximate surface area is 217 Å². The Kier molecular flexibility index (Phi) is 11.3. The van der Waals surface area contributed by atoms with Crippen molar-refractivity contribution in [2.75, 3.05) is 13.1 Å². The molecule has 1 aliphatic rings. The molecule has 1 aliphatic heterocycles. The topological polar surface area (TPSA) is 206 Å². The van der Waals surface area contributed by atoms with Gasteiger partial charge in [-0.05, 0) is 37.2 Å². The van der Waals surface area contributed by atoms with Crippen LogP contribution in [-0.2, 0) is 25.6 Å². The Bertz CT molecular complexity index is 965. The lowest BCUT2D eigenvalue weighted by Gasteiger charge is -2.30. The summed E-state index contributed by atoms with van der Waals surface area (Å²) in [5, 5.41) is 14.8. The number of amides is 3. The third-order valence-corrected chi connectivity index (χ3v) is 6.27. The van der Waals surface area contributed by atoms with Crippen LogP contribution in [0.1, 0.15) is 45.1 Å². The lowest BCUT2D eigenvalue weighted by Crippen LogP contribution is -2.57. The van der Waals surface area contributed by atoms with Crippen LogP contribution in [0.25, 0.3) is 0 Å². The van der Waals surface area contributed by atoms with Crippen LogP contribution in [0.15, 0.2) is 35.3 Å². The molecular weight excluding hydrogens is 478 g/mol. The first-order chi connectivity index (χ1) is 17.5. The van der Waals surface area contributed by atoms with Gasteiger partial charge in [-0.15, -0.1) is 0 Å². The number of aliphatic imine (C=N–C) groups is 1. The van der Waals surface area contributed by atoms with Crippen LogP contribution < -0.4 is 27.8 Å². The van der Waals surface area contributed by atoms with E-state index in [2.05, 4.69) is 15.6 Å². The highest BCUT2D eigenvalue weighted by Gasteiger charge is 2.39. The van der Waals surface area contributed by atoms with Crippen LogP contribution in [0, 0.1) is 5.92 Å². The maximum Gasteiger partial charge on any atom is 0.326 e. The molecule has 1 aromatic carbocycles. The van der Waals surface area contributed by atoms with E-state index in [0.717, 1.165) is 5.56 Å². The van der Waals surface area contributed by atoms with Gasteiger partial charge in [0.2, 0.25) is 17.7 Å². The average Bonchev–Trinajstić information content (AvgIpc) is 3.34. The second-order valence-corrected chi connectivity index (χ2v) is 9.56. The first-order valence-corrected chi connectivity index (χ1v) is 12.5. The van der Waals surface area contributed by atoms with Gasteiger partial charge in [0.25, 0.3) is 0 Å². The molecule has 37 heavy (non-hydrogen) atoms. The minimum Gasteiger partial charge on any atom is -0.480 e. The number of guanidine groups is 1. The van der Waals surface area contributed by atoms with Gasteiger partial charge in [-0.2, -0.15) is 0 Å². The van der Waals surface area contributed by atoms with Gasteiger partial charge >= 0.3 is 5.97 Å². The largest absolute Gasteiger partial charge is 0.480 e. The molecule has 3 amide bonds. The van der Waals surface area contributed by atoms with Crippen molar-refractivity contribution in [3.05, 3.63) is 35.9 Å². The zero-order valence-electron chi connectivity index (χ0n) is 21.4. The van der Waals surface area contributed by atoms with E-state index in [1.54, 1.807) is 13.8 Å². The Morgan fingerprint density at radius 1 is 1.14 bits per heavy atom. The van der Waals surface area contributed by atoms with Gasteiger partial charge in [0, 0.05) is 19.5 Å². The molecule has 9 N–H and O–H groups in total.